The molecule has 3 rings (SSSR count). The molecule has 0 aliphatic rings. The van der Waals surface area contributed by atoms with Gasteiger partial charge in [0.25, 0.3) is 0 Å². The van der Waals surface area contributed by atoms with Crippen molar-refractivity contribution in [1.82, 2.24) is 0 Å². The summed E-state index contributed by atoms with van der Waals surface area (Å²) in [6.45, 7) is 1.92. The maximum absolute atomic E-state index is 6.39. The number of hydrogen-bond donors (Lipinski definition) is 1. The zero-order chi connectivity index (χ0) is 14.1. The first-order valence-electron chi connectivity index (χ1n) is 6.57. The number of furan rings is 1. The molecule has 1 atom stereocenters. The molecule has 0 radical (unpaired) electrons. The van der Waals surface area contributed by atoms with Gasteiger partial charge in [-0.3, -0.25) is 0 Å². The molecule has 1 heterocycles. The first-order chi connectivity index (χ1) is 9.70. The number of methoxy groups -OCH3 is 1. The van der Waals surface area contributed by atoms with Gasteiger partial charge in [-0.2, -0.15) is 0 Å². The zero-order valence-corrected chi connectivity index (χ0v) is 11.6. The second kappa shape index (κ2) is 5.02. The van der Waals surface area contributed by atoms with Gasteiger partial charge in [-0.05, 0) is 30.0 Å². The molecule has 0 aliphatic carbocycles. The van der Waals surface area contributed by atoms with Crippen LogP contribution in [0, 0.1) is 6.92 Å². The SMILES string of the molecule is COc1ccc(C(N)c2coc(C)c2)c2ccccc12. The second-order valence-electron chi connectivity index (χ2n) is 4.87. The number of benzene rings is 2. The smallest absolute Gasteiger partial charge is 0.126 e. The van der Waals surface area contributed by atoms with Crippen molar-refractivity contribution in [2.24, 2.45) is 5.73 Å². The Morgan fingerprint density at radius 2 is 1.85 bits per heavy atom. The number of fused-ring (bicyclic) bond motifs is 1. The minimum atomic E-state index is -0.205. The monoisotopic (exact) mass is 267 g/mol. The van der Waals surface area contributed by atoms with E-state index in [2.05, 4.69) is 6.07 Å². The van der Waals surface area contributed by atoms with E-state index in [1.807, 2.05) is 43.3 Å². The van der Waals surface area contributed by atoms with Crippen LogP contribution >= 0.6 is 0 Å². The molecule has 3 heteroatoms. The largest absolute Gasteiger partial charge is 0.496 e. The second-order valence-corrected chi connectivity index (χ2v) is 4.87. The summed E-state index contributed by atoms with van der Waals surface area (Å²) in [7, 11) is 1.68. The average Bonchev–Trinajstić information content (AvgIpc) is 2.92. The molecular weight excluding hydrogens is 250 g/mol. The van der Waals surface area contributed by atoms with Gasteiger partial charge in [-0.15, -0.1) is 0 Å². The summed E-state index contributed by atoms with van der Waals surface area (Å²) in [4.78, 5) is 0. The Kier molecular flexibility index (Phi) is 3.20. The molecule has 0 fully saturated rings. The quantitative estimate of drug-likeness (QED) is 0.785. The van der Waals surface area contributed by atoms with Crippen LogP contribution in [0.1, 0.15) is 22.9 Å². The Bertz CT molecular complexity index is 746. The van der Waals surface area contributed by atoms with E-state index in [9.17, 15) is 0 Å². The van der Waals surface area contributed by atoms with Gasteiger partial charge in [0.2, 0.25) is 0 Å². The van der Waals surface area contributed by atoms with Crippen molar-refractivity contribution < 1.29 is 9.15 Å². The van der Waals surface area contributed by atoms with Crippen molar-refractivity contribution >= 4 is 10.8 Å². The Balaban J connectivity index is 2.17. The molecule has 102 valence electrons. The molecule has 2 aromatic carbocycles. The number of hydrogen-bond acceptors (Lipinski definition) is 3. The summed E-state index contributed by atoms with van der Waals surface area (Å²) in [6, 6.07) is 13.9. The lowest BCUT2D eigenvalue weighted by molar-refractivity contribution is 0.419. The Labute approximate surface area is 118 Å². The van der Waals surface area contributed by atoms with E-state index in [4.69, 9.17) is 14.9 Å². The maximum Gasteiger partial charge on any atom is 0.126 e. The third kappa shape index (κ3) is 2.06. The van der Waals surface area contributed by atoms with Crippen LogP contribution in [-0.2, 0) is 0 Å². The topological polar surface area (TPSA) is 48.4 Å². The van der Waals surface area contributed by atoms with E-state index < -0.39 is 0 Å². The van der Waals surface area contributed by atoms with Crippen LogP contribution in [0.3, 0.4) is 0 Å². The van der Waals surface area contributed by atoms with Gasteiger partial charge in [0, 0.05) is 10.9 Å². The van der Waals surface area contributed by atoms with E-state index in [0.717, 1.165) is 33.4 Å². The summed E-state index contributed by atoms with van der Waals surface area (Å²) in [6.07, 6.45) is 1.72. The number of aryl methyl sites for hydroxylation is 1. The molecule has 0 saturated heterocycles. The van der Waals surface area contributed by atoms with E-state index in [-0.39, 0.29) is 6.04 Å². The molecule has 3 nitrogen and oxygen atoms in total. The molecule has 3 aromatic rings. The highest BCUT2D eigenvalue weighted by Crippen LogP contribution is 2.33. The van der Waals surface area contributed by atoms with E-state index >= 15 is 0 Å². The fourth-order valence-corrected chi connectivity index (χ4v) is 2.55. The fourth-order valence-electron chi connectivity index (χ4n) is 2.55. The number of nitrogens with two attached hydrogens (primary N) is 1. The minimum absolute atomic E-state index is 0.205. The Morgan fingerprint density at radius 1 is 1.10 bits per heavy atom. The summed E-state index contributed by atoms with van der Waals surface area (Å²) in [5, 5.41) is 2.18. The highest BCUT2D eigenvalue weighted by atomic mass is 16.5. The average molecular weight is 267 g/mol. The van der Waals surface area contributed by atoms with Crippen molar-refractivity contribution in [1.29, 1.82) is 0 Å². The standard InChI is InChI=1S/C17H17NO2/c1-11-9-12(10-20-11)17(18)15-7-8-16(19-2)14-6-4-3-5-13(14)15/h3-10,17H,18H2,1-2H3. The first-order valence-corrected chi connectivity index (χ1v) is 6.57. The first kappa shape index (κ1) is 12.8. The van der Waals surface area contributed by atoms with Crippen molar-refractivity contribution in [3.63, 3.8) is 0 Å². The van der Waals surface area contributed by atoms with Gasteiger partial charge in [-0.25, -0.2) is 0 Å². The van der Waals surface area contributed by atoms with Crippen LogP contribution < -0.4 is 10.5 Å². The molecule has 0 aliphatic heterocycles. The molecule has 1 unspecified atom stereocenters. The Hall–Kier alpha value is -2.26. The molecule has 2 N–H and O–H groups in total. The van der Waals surface area contributed by atoms with Crippen LogP contribution in [0.15, 0.2) is 53.1 Å². The molecule has 1 aromatic heterocycles. The zero-order valence-electron chi connectivity index (χ0n) is 11.6. The van der Waals surface area contributed by atoms with Crippen LogP contribution in [0.25, 0.3) is 10.8 Å². The van der Waals surface area contributed by atoms with E-state index in [1.165, 1.54) is 0 Å². The van der Waals surface area contributed by atoms with Gasteiger partial charge >= 0.3 is 0 Å². The predicted molar refractivity (Wildman–Crippen MR) is 80.0 cm³/mol. The van der Waals surface area contributed by atoms with Crippen LogP contribution in [-0.4, -0.2) is 7.11 Å². The van der Waals surface area contributed by atoms with Crippen molar-refractivity contribution in [2.75, 3.05) is 7.11 Å². The van der Waals surface area contributed by atoms with Crippen molar-refractivity contribution in [3.05, 3.63) is 65.6 Å². The van der Waals surface area contributed by atoms with Gasteiger partial charge < -0.3 is 14.9 Å². The molecule has 20 heavy (non-hydrogen) atoms. The van der Waals surface area contributed by atoms with Gasteiger partial charge in [0.1, 0.15) is 11.5 Å². The lowest BCUT2D eigenvalue weighted by atomic mass is 9.95. The lowest BCUT2D eigenvalue weighted by Crippen LogP contribution is -2.11. The van der Waals surface area contributed by atoms with Gasteiger partial charge in [0.15, 0.2) is 0 Å². The number of ether oxygens (including phenoxy) is 1. The number of rotatable bonds is 3. The van der Waals surface area contributed by atoms with Crippen LogP contribution in [0.4, 0.5) is 0 Å². The van der Waals surface area contributed by atoms with Crippen LogP contribution in [0.2, 0.25) is 0 Å². The Morgan fingerprint density at radius 3 is 2.50 bits per heavy atom. The van der Waals surface area contributed by atoms with E-state index in [0.29, 0.717) is 0 Å². The minimum Gasteiger partial charge on any atom is -0.496 e. The van der Waals surface area contributed by atoms with E-state index in [1.54, 1.807) is 13.4 Å². The maximum atomic E-state index is 6.39. The van der Waals surface area contributed by atoms with Gasteiger partial charge in [-0.1, -0.05) is 30.3 Å². The third-order valence-electron chi connectivity index (χ3n) is 3.58. The van der Waals surface area contributed by atoms with Gasteiger partial charge in [0.05, 0.1) is 19.4 Å². The van der Waals surface area contributed by atoms with Crippen molar-refractivity contribution in [2.45, 2.75) is 13.0 Å². The summed E-state index contributed by atoms with van der Waals surface area (Å²) in [5.74, 6) is 1.73. The highest BCUT2D eigenvalue weighted by Gasteiger charge is 2.15. The molecular formula is C17H17NO2. The summed E-state index contributed by atoms with van der Waals surface area (Å²) >= 11 is 0. The summed E-state index contributed by atoms with van der Waals surface area (Å²) < 4.78 is 10.8. The molecule has 0 amide bonds. The normalized spacial score (nSPS) is 12.6. The fraction of sp³-hybridized carbons (Fsp3) is 0.176. The molecule has 0 saturated carbocycles. The predicted octanol–water partition coefficient (Wildman–Crippen LogP) is 3.80. The highest BCUT2D eigenvalue weighted by molar-refractivity contribution is 5.91. The molecule has 0 bridgehead atoms. The van der Waals surface area contributed by atoms with Crippen LogP contribution in [0.5, 0.6) is 5.75 Å². The lowest BCUT2D eigenvalue weighted by Gasteiger charge is -2.15. The van der Waals surface area contributed by atoms with Crippen molar-refractivity contribution in [3.8, 4) is 5.75 Å². The molecule has 0 spiro atoms. The third-order valence-corrected chi connectivity index (χ3v) is 3.58. The summed E-state index contributed by atoms with van der Waals surface area (Å²) in [5.41, 5.74) is 8.44.